The second kappa shape index (κ2) is 9.50. The Balaban J connectivity index is 0.00000264. The molecule has 6 nitrogen and oxygen atoms in total. The van der Waals surface area contributed by atoms with Gasteiger partial charge < -0.3 is 15.2 Å². The molecule has 7 heteroatoms. The Morgan fingerprint density at radius 2 is 2.13 bits per heavy atom. The fourth-order valence-electron chi connectivity index (χ4n) is 2.73. The van der Waals surface area contributed by atoms with Gasteiger partial charge in [0.25, 0.3) is 0 Å². The van der Waals surface area contributed by atoms with Crippen molar-refractivity contribution in [3.63, 3.8) is 0 Å². The van der Waals surface area contributed by atoms with Crippen molar-refractivity contribution >= 4 is 24.3 Å². The van der Waals surface area contributed by atoms with Crippen LogP contribution in [0, 0.1) is 0 Å². The van der Waals surface area contributed by atoms with Crippen LogP contribution in [0.25, 0.3) is 0 Å². The molecule has 0 radical (unpaired) electrons. The van der Waals surface area contributed by atoms with Crippen molar-refractivity contribution in [2.24, 2.45) is 0 Å². The number of ether oxygens (including phenoxy) is 1. The lowest BCUT2D eigenvalue weighted by molar-refractivity contribution is -0.142. The standard InChI is InChI=1S/C16H22N2O4.ClH/c1-22-11-13-5-2-4-12(8-13)9-17-15(19)10-18-7-3-6-14(18)16(20)21;/h2,4-5,8,14H,3,6-7,9-11H2,1H3,(H,17,19)(H,20,21);1H. The Bertz CT molecular complexity index is 539. The van der Waals surface area contributed by atoms with Gasteiger partial charge in [0.05, 0.1) is 13.2 Å². The van der Waals surface area contributed by atoms with Crippen molar-refractivity contribution in [3.8, 4) is 0 Å². The predicted molar refractivity (Wildman–Crippen MR) is 88.5 cm³/mol. The third kappa shape index (κ3) is 5.82. The van der Waals surface area contributed by atoms with Gasteiger partial charge in [-0.15, -0.1) is 12.4 Å². The van der Waals surface area contributed by atoms with Crippen LogP contribution in [0.15, 0.2) is 24.3 Å². The van der Waals surface area contributed by atoms with Gasteiger partial charge in [-0.2, -0.15) is 0 Å². The number of hydrogen-bond acceptors (Lipinski definition) is 4. The number of methoxy groups -OCH3 is 1. The van der Waals surface area contributed by atoms with Gasteiger partial charge in [-0.1, -0.05) is 24.3 Å². The first-order chi connectivity index (χ1) is 10.6. The monoisotopic (exact) mass is 342 g/mol. The molecule has 1 aromatic rings. The van der Waals surface area contributed by atoms with E-state index in [1.807, 2.05) is 24.3 Å². The first-order valence-corrected chi connectivity index (χ1v) is 7.40. The molecule has 23 heavy (non-hydrogen) atoms. The molecule has 1 aromatic carbocycles. The number of carboxylic acids is 1. The van der Waals surface area contributed by atoms with Crippen LogP contribution in [0.5, 0.6) is 0 Å². The topological polar surface area (TPSA) is 78.9 Å². The van der Waals surface area contributed by atoms with Gasteiger partial charge in [-0.3, -0.25) is 14.5 Å². The summed E-state index contributed by atoms with van der Waals surface area (Å²) in [6, 6.07) is 7.29. The van der Waals surface area contributed by atoms with Crippen LogP contribution in [0.2, 0.25) is 0 Å². The lowest BCUT2D eigenvalue weighted by Gasteiger charge is -2.20. The average molecular weight is 343 g/mol. The lowest BCUT2D eigenvalue weighted by Crippen LogP contribution is -2.42. The summed E-state index contributed by atoms with van der Waals surface area (Å²) in [6.45, 7) is 1.76. The molecular weight excluding hydrogens is 320 g/mol. The number of hydrogen-bond donors (Lipinski definition) is 2. The zero-order chi connectivity index (χ0) is 15.9. The van der Waals surface area contributed by atoms with Crippen LogP contribution in [0.4, 0.5) is 0 Å². The first kappa shape index (κ1) is 19.4. The van der Waals surface area contributed by atoms with E-state index in [0.29, 0.717) is 26.1 Å². The van der Waals surface area contributed by atoms with Crippen LogP contribution in [0.1, 0.15) is 24.0 Å². The van der Waals surface area contributed by atoms with Crippen LogP contribution in [0.3, 0.4) is 0 Å². The van der Waals surface area contributed by atoms with Crippen molar-refractivity contribution in [2.75, 3.05) is 20.2 Å². The van der Waals surface area contributed by atoms with Crippen LogP contribution < -0.4 is 5.32 Å². The second-order valence-corrected chi connectivity index (χ2v) is 5.50. The summed E-state index contributed by atoms with van der Waals surface area (Å²) >= 11 is 0. The number of aliphatic carboxylic acids is 1. The molecule has 2 N–H and O–H groups in total. The Morgan fingerprint density at radius 3 is 2.83 bits per heavy atom. The molecule has 1 heterocycles. The van der Waals surface area contributed by atoms with Crippen molar-refractivity contribution in [3.05, 3.63) is 35.4 Å². The molecule has 1 amide bonds. The van der Waals surface area contributed by atoms with E-state index in [9.17, 15) is 9.59 Å². The van der Waals surface area contributed by atoms with E-state index in [4.69, 9.17) is 9.84 Å². The Hall–Kier alpha value is -1.63. The van der Waals surface area contributed by atoms with E-state index in [1.54, 1.807) is 12.0 Å². The normalized spacial score (nSPS) is 17.5. The van der Waals surface area contributed by atoms with Crippen LogP contribution in [-0.2, 0) is 27.5 Å². The van der Waals surface area contributed by atoms with Crippen LogP contribution >= 0.6 is 12.4 Å². The molecule has 0 saturated carbocycles. The number of amides is 1. The maximum Gasteiger partial charge on any atom is 0.320 e. The van der Waals surface area contributed by atoms with Gasteiger partial charge in [0.1, 0.15) is 6.04 Å². The summed E-state index contributed by atoms with van der Waals surface area (Å²) in [5.74, 6) is -0.997. The zero-order valence-electron chi connectivity index (χ0n) is 13.2. The highest BCUT2D eigenvalue weighted by molar-refractivity contribution is 5.85. The molecule has 1 atom stereocenters. The molecule has 1 unspecified atom stereocenters. The Labute approximate surface area is 142 Å². The van der Waals surface area contributed by atoms with Gasteiger partial charge in [-0.05, 0) is 30.5 Å². The SMILES string of the molecule is COCc1cccc(CNC(=O)CN2CCCC2C(=O)O)c1.Cl. The zero-order valence-corrected chi connectivity index (χ0v) is 14.0. The van der Waals surface area contributed by atoms with Crippen molar-refractivity contribution < 1.29 is 19.4 Å². The lowest BCUT2D eigenvalue weighted by atomic mass is 10.1. The number of nitrogens with one attached hydrogen (secondary N) is 1. The minimum Gasteiger partial charge on any atom is -0.480 e. The first-order valence-electron chi connectivity index (χ1n) is 7.40. The number of nitrogens with zero attached hydrogens (tertiary/aromatic N) is 1. The minimum atomic E-state index is -0.849. The molecule has 1 aliphatic rings. The summed E-state index contributed by atoms with van der Waals surface area (Å²) in [7, 11) is 1.64. The number of carbonyl (C=O) groups excluding carboxylic acids is 1. The van der Waals surface area contributed by atoms with E-state index in [-0.39, 0.29) is 24.9 Å². The molecule has 0 aliphatic carbocycles. The number of likely N-dealkylation sites (tertiary alicyclic amines) is 1. The van der Waals surface area contributed by atoms with Crippen molar-refractivity contribution in [1.82, 2.24) is 10.2 Å². The fraction of sp³-hybridized carbons (Fsp3) is 0.500. The summed E-state index contributed by atoms with van der Waals surface area (Å²) in [4.78, 5) is 24.8. The highest BCUT2D eigenvalue weighted by Gasteiger charge is 2.31. The number of halogens is 1. The van der Waals surface area contributed by atoms with E-state index in [2.05, 4.69) is 5.32 Å². The average Bonchev–Trinajstić information content (AvgIpc) is 2.94. The number of benzene rings is 1. The molecule has 1 fully saturated rings. The molecule has 0 spiro atoms. The van der Waals surface area contributed by atoms with Gasteiger partial charge in [0.15, 0.2) is 0 Å². The molecule has 2 rings (SSSR count). The maximum atomic E-state index is 12.0. The van der Waals surface area contributed by atoms with Crippen LogP contribution in [-0.4, -0.2) is 48.1 Å². The van der Waals surface area contributed by atoms with E-state index < -0.39 is 12.0 Å². The van der Waals surface area contributed by atoms with Gasteiger partial charge in [-0.25, -0.2) is 0 Å². The number of rotatable bonds is 7. The minimum absolute atomic E-state index is 0. The molecular formula is C16H23ClN2O4. The summed E-state index contributed by atoms with van der Waals surface area (Å²) in [6.07, 6.45) is 1.44. The highest BCUT2D eigenvalue weighted by atomic mass is 35.5. The van der Waals surface area contributed by atoms with Gasteiger partial charge >= 0.3 is 5.97 Å². The van der Waals surface area contributed by atoms with Crippen molar-refractivity contribution in [2.45, 2.75) is 32.0 Å². The molecule has 0 bridgehead atoms. The maximum absolute atomic E-state index is 12.0. The number of carboxylic acid groups (broad SMARTS) is 1. The Kier molecular flexibility index (Phi) is 8.02. The third-order valence-corrected chi connectivity index (χ3v) is 3.79. The van der Waals surface area contributed by atoms with Gasteiger partial charge in [0.2, 0.25) is 5.91 Å². The van der Waals surface area contributed by atoms with E-state index in [0.717, 1.165) is 17.5 Å². The summed E-state index contributed by atoms with van der Waals surface area (Å²) < 4.78 is 5.08. The Morgan fingerprint density at radius 1 is 1.39 bits per heavy atom. The van der Waals surface area contributed by atoms with Gasteiger partial charge in [0, 0.05) is 13.7 Å². The molecule has 1 aliphatic heterocycles. The molecule has 0 aromatic heterocycles. The van der Waals surface area contributed by atoms with E-state index >= 15 is 0 Å². The molecule has 1 saturated heterocycles. The smallest absolute Gasteiger partial charge is 0.320 e. The third-order valence-electron chi connectivity index (χ3n) is 3.79. The highest BCUT2D eigenvalue weighted by Crippen LogP contribution is 2.16. The molecule has 128 valence electrons. The second-order valence-electron chi connectivity index (χ2n) is 5.50. The largest absolute Gasteiger partial charge is 0.480 e. The van der Waals surface area contributed by atoms with Crippen molar-refractivity contribution in [1.29, 1.82) is 0 Å². The number of carbonyl (C=O) groups is 2. The predicted octanol–water partition coefficient (Wildman–Crippen LogP) is 1.42. The fourth-order valence-corrected chi connectivity index (χ4v) is 2.73. The van der Waals surface area contributed by atoms with E-state index in [1.165, 1.54) is 0 Å². The summed E-state index contributed by atoms with van der Waals surface area (Å²) in [5.41, 5.74) is 2.05. The summed E-state index contributed by atoms with van der Waals surface area (Å²) in [5, 5.41) is 11.9. The quantitative estimate of drug-likeness (QED) is 0.783.